The molecule has 1 saturated carbocycles. The first-order chi connectivity index (χ1) is 15.5. The number of carbonyl (C=O) groups is 2. The standard InChI is InChI=1S/C23H23FN4O4/c24-17-5-2-6-19(13-17)26-23-28-27-22(32-23)21(31)25-18-9-7-15(8-10-18)16-4-1-3-14(11-16)12-20(29)30/h2,5-10,13-14,16H,1,3-4,11-12H2,(H,25,31)(H,26,28)(H,29,30). The molecular formula is C23H23FN4O4. The van der Waals surface area contributed by atoms with Crippen LogP contribution in [0.1, 0.15) is 54.3 Å². The zero-order valence-electron chi connectivity index (χ0n) is 17.3. The lowest BCUT2D eigenvalue weighted by Gasteiger charge is -2.28. The number of carboxylic acids is 1. The van der Waals surface area contributed by atoms with E-state index in [4.69, 9.17) is 9.52 Å². The van der Waals surface area contributed by atoms with Crippen molar-refractivity contribution in [2.45, 2.75) is 38.0 Å². The van der Waals surface area contributed by atoms with E-state index in [1.165, 1.54) is 18.2 Å². The van der Waals surface area contributed by atoms with E-state index in [0.717, 1.165) is 31.2 Å². The van der Waals surface area contributed by atoms with Crippen molar-refractivity contribution in [3.05, 3.63) is 65.8 Å². The maximum atomic E-state index is 13.3. The number of hydrogen-bond donors (Lipinski definition) is 3. The number of hydrogen-bond acceptors (Lipinski definition) is 6. The molecule has 8 nitrogen and oxygen atoms in total. The number of aliphatic carboxylic acids is 1. The molecule has 3 N–H and O–H groups in total. The highest BCUT2D eigenvalue weighted by Crippen LogP contribution is 2.37. The number of carbonyl (C=O) groups excluding carboxylic acids is 1. The predicted molar refractivity (Wildman–Crippen MR) is 115 cm³/mol. The number of anilines is 3. The second-order valence-corrected chi connectivity index (χ2v) is 7.95. The highest BCUT2D eigenvalue weighted by Gasteiger charge is 2.25. The van der Waals surface area contributed by atoms with Crippen LogP contribution in [0.2, 0.25) is 0 Å². The summed E-state index contributed by atoms with van der Waals surface area (Å²) in [6.07, 6.45) is 4.08. The van der Waals surface area contributed by atoms with Gasteiger partial charge in [0.05, 0.1) is 0 Å². The van der Waals surface area contributed by atoms with Gasteiger partial charge in [-0.15, -0.1) is 5.10 Å². The van der Waals surface area contributed by atoms with E-state index in [0.29, 0.717) is 17.3 Å². The number of amides is 1. The van der Waals surface area contributed by atoms with E-state index >= 15 is 0 Å². The van der Waals surface area contributed by atoms with Crippen molar-refractivity contribution in [1.29, 1.82) is 0 Å². The highest BCUT2D eigenvalue weighted by atomic mass is 19.1. The van der Waals surface area contributed by atoms with E-state index in [1.54, 1.807) is 18.2 Å². The van der Waals surface area contributed by atoms with Crippen LogP contribution in [-0.4, -0.2) is 27.2 Å². The van der Waals surface area contributed by atoms with Crippen molar-refractivity contribution in [3.63, 3.8) is 0 Å². The molecule has 0 radical (unpaired) electrons. The van der Waals surface area contributed by atoms with Gasteiger partial charge in [-0.2, -0.15) is 0 Å². The molecule has 2 atom stereocenters. The van der Waals surface area contributed by atoms with Crippen molar-refractivity contribution in [2.75, 3.05) is 10.6 Å². The summed E-state index contributed by atoms with van der Waals surface area (Å²) >= 11 is 0. The topological polar surface area (TPSA) is 117 Å². The molecule has 4 rings (SSSR count). The third-order valence-electron chi connectivity index (χ3n) is 5.58. The monoisotopic (exact) mass is 438 g/mol. The van der Waals surface area contributed by atoms with Crippen LogP contribution in [0.15, 0.2) is 52.9 Å². The molecule has 1 fully saturated rings. The van der Waals surface area contributed by atoms with Gasteiger partial charge in [0.25, 0.3) is 0 Å². The van der Waals surface area contributed by atoms with Gasteiger partial charge in [0.1, 0.15) is 5.82 Å². The Labute approximate surface area is 183 Å². The molecule has 1 aliphatic rings. The van der Waals surface area contributed by atoms with Crippen LogP contribution in [0.5, 0.6) is 0 Å². The zero-order valence-corrected chi connectivity index (χ0v) is 17.3. The van der Waals surface area contributed by atoms with Gasteiger partial charge in [-0.1, -0.05) is 29.7 Å². The molecule has 3 aromatic rings. The lowest BCUT2D eigenvalue weighted by atomic mass is 9.77. The predicted octanol–water partition coefficient (Wildman–Crippen LogP) is 4.95. The van der Waals surface area contributed by atoms with Crippen LogP contribution in [-0.2, 0) is 4.79 Å². The van der Waals surface area contributed by atoms with Crippen molar-refractivity contribution in [3.8, 4) is 0 Å². The fraction of sp³-hybridized carbons (Fsp3) is 0.304. The van der Waals surface area contributed by atoms with Crippen LogP contribution in [0.3, 0.4) is 0 Å². The molecule has 2 aromatic carbocycles. The van der Waals surface area contributed by atoms with E-state index in [-0.39, 0.29) is 24.2 Å². The number of benzene rings is 2. The van der Waals surface area contributed by atoms with Gasteiger partial charge >= 0.3 is 23.8 Å². The quantitative estimate of drug-likeness (QED) is 0.477. The summed E-state index contributed by atoms with van der Waals surface area (Å²) in [4.78, 5) is 23.4. The van der Waals surface area contributed by atoms with Gasteiger partial charge in [-0.25, -0.2) is 4.39 Å². The number of rotatable bonds is 7. The second-order valence-electron chi connectivity index (χ2n) is 7.95. The molecule has 0 aliphatic heterocycles. The van der Waals surface area contributed by atoms with Crippen molar-refractivity contribution >= 4 is 29.3 Å². The Morgan fingerprint density at radius 1 is 1.09 bits per heavy atom. The van der Waals surface area contributed by atoms with E-state index in [2.05, 4.69) is 20.8 Å². The Kier molecular flexibility index (Phi) is 6.44. The molecule has 0 saturated heterocycles. The van der Waals surface area contributed by atoms with E-state index in [9.17, 15) is 14.0 Å². The maximum absolute atomic E-state index is 13.3. The van der Waals surface area contributed by atoms with Gasteiger partial charge < -0.3 is 20.2 Å². The minimum Gasteiger partial charge on any atom is -0.481 e. The lowest BCUT2D eigenvalue weighted by Crippen LogP contribution is -2.17. The van der Waals surface area contributed by atoms with Crippen LogP contribution >= 0.6 is 0 Å². The molecule has 1 aliphatic carbocycles. The highest BCUT2D eigenvalue weighted by molar-refractivity contribution is 6.00. The fourth-order valence-electron chi connectivity index (χ4n) is 4.10. The Morgan fingerprint density at radius 2 is 1.91 bits per heavy atom. The molecule has 32 heavy (non-hydrogen) atoms. The third kappa shape index (κ3) is 5.48. The number of nitrogens with one attached hydrogen (secondary N) is 2. The Hall–Kier alpha value is -3.75. The first-order valence-corrected chi connectivity index (χ1v) is 10.5. The number of nitrogens with zero attached hydrogens (tertiary/aromatic N) is 2. The van der Waals surface area contributed by atoms with Gasteiger partial charge in [0, 0.05) is 17.8 Å². The Bertz CT molecular complexity index is 1100. The molecule has 2 unspecified atom stereocenters. The summed E-state index contributed by atoms with van der Waals surface area (Å²) in [6, 6.07) is 13.2. The lowest BCUT2D eigenvalue weighted by molar-refractivity contribution is -0.138. The summed E-state index contributed by atoms with van der Waals surface area (Å²) in [5.74, 6) is -1.41. The van der Waals surface area contributed by atoms with Crippen LogP contribution < -0.4 is 10.6 Å². The van der Waals surface area contributed by atoms with E-state index in [1.807, 2.05) is 12.1 Å². The molecule has 0 spiro atoms. The fourth-order valence-corrected chi connectivity index (χ4v) is 4.10. The number of carboxylic acid groups (broad SMARTS) is 1. The van der Waals surface area contributed by atoms with E-state index < -0.39 is 17.7 Å². The van der Waals surface area contributed by atoms with Gasteiger partial charge in [0.2, 0.25) is 0 Å². The molecule has 9 heteroatoms. The SMILES string of the molecule is O=C(O)CC1CCCC(c2ccc(NC(=O)c3nnc(Nc4cccc(F)c4)o3)cc2)C1. The van der Waals surface area contributed by atoms with Crippen LogP contribution in [0.25, 0.3) is 0 Å². The van der Waals surface area contributed by atoms with Crippen molar-refractivity contribution in [1.82, 2.24) is 10.2 Å². The summed E-state index contributed by atoms with van der Waals surface area (Å²) in [7, 11) is 0. The molecule has 166 valence electrons. The van der Waals surface area contributed by atoms with Crippen molar-refractivity contribution in [2.24, 2.45) is 5.92 Å². The molecular weight excluding hydrogens is 415 g/mol. The first-order valence-electron chi connectivity index (χ1n) is 10.5. The summed E-state index contributed by atoms with van der Waals surface area (Å²) in [5.41, 5.74) is 2.14. The largest absolute Gasteiger partial charge is 0.481 e. The summed E-state index contributed by atoms with van der Waals surface area (Å²) in [5, 5.41) is 22.0. The zero-order chi connectivity index (χ0) is 22.5. The Balaban J connectivity index is 1.35. The molecule has 0 bridgehead atoms. The smallest absolute Gasteiger partial charge is 0.320 e. The number of halogens is 1. The summed E-state index contributed by atoms with van der Waals surface area (Å²) < 4.78 is 18.6. The third-order valence-corrected chi connectivity index (χ3v) is 5.58. The van der Waals surface area contributed by atoms with Crippen LogP contribution in [0.4, 0.5) is 21.8 Å². The summed E-state index contributed by atoms with van der Waals surface area (Å²) in [6.45, 7) is 0. The van der Waals surface area contributed by atoms with Crippen molar-refractivity contribution < 1.29 is 23.5 Å². The first kappa shape index (κ1) is 21.5. The van der Waals surface area contributed by atoms with Crippen LogP contribution in [0, 0.1) is 11.7 Å². The van der Waals surface area contributed by atoms with Gasteiger partial charge in [-0.05, 0) is 67.0 Å². The average molecular weight is 438 g/mol. The maximum Gasteiger partial charge on any atom is 0.320 e. The molecule has 1 aromatic heterocycles. The second kappa shape index (κ2) is 9.59. The van der Waals surface area contributed by atoms with Gasteiger partial charge in [-0.3, -0.25) is 9.59 Å². The minimum atomic E-state index is -0.746. The average Bonchev–Trinajstić information content (AvgIpc) is 3.23. The Morgan fingerprint density at radius 3 is 2.66 bits per heavy atom. The molecule has 1 amide bonds. The molecule has 1 heterocycles. The minimum absolute atomic E-state index is 0.0238. The van der Waals surface area contributed by atoms with Gasteiger partial charge in [0.15, 0.2) is 0 Å². The normalized spacial score (nSPS) is 18.2. The number of aromatic nitrogens is 2.